The molecule has 0 aromatic carbocycles. The van der Waals surface area contributed by atoms with Crippen molar-refractivity contribution in [3.05, 3.63) is 18.0 Å². The van der Waals surface area contributed by atoms with Crippen LogP contribution in [-0.2, 0) is 18.3 Å². The topological polar surface area (TPSA) is 80.7 Å². The van der Waals surface area contributed by atoms with Crippen LogP contribution in [-0.4, -0.2) is 47.9 Å². The maximum Gasteiger partial charge on any atom is 0.208 e. The number of aromatic nitrogens is 2. The predicted molar refractivity (Wildman–Crippen MR) is 70.8 cm³/mol. The van der Waals surface area contributed by atoms with Crippen molar-refractivity contribution >= 4 is 5.96 Å². The molecule has 0 aliphatic carbocycles. The average Bonchev–Trinajstić information content (AvgIpc) is 2.75. The first-order chi connectivity index (χ1) is 8.67. The highest BCUT2D eigenvalue weighted by molar-refractivity contribution is 5.79. The highest BCUT2D eigenvalue weighted by Gasteiger charge is 2.06. The van der Waals surface area contributed by atoms with E-state index in [-0.39, 0.29) is 0 Å². The Bertz CT molecular complexity index is 375. The Balaban J connectivity index is 2.48. The van der Waals surface area contributed by atoms with Crippen molar-refractivity contribution in [1.82, 2.24) is 20.1 Å². The van der Waals surface area contributed by atoms with Crippen LogP contribution in [0.5, 0.6) is 0 Å². The second-order valence-corrected chi connectivity index (χ2v) is 4.07. The van der Waals surface area contributed by atoms with E-state index in [1.54, 1.807) is 11.8 Å². The Kier molecular flexibility index (Phi) is 6.16. The summed E-state index contributed by atoms with van der Waals surface area (Å²) >= 11 is 0. The van der Waals surface area contributed by atoms with Crippen molar-refractivity contribution in [2.75, 3.05) is 27.3 Å². The third kappa shape index (κ3) is 4.72. The molecule has 102 valence electrons. The lowest BCUT2D eigenvalue weighted by molar-refractivity contribution is 0.197. The standard InChI is InChI=1S/C11H22N6O/c1-16(8-10-7-14-17(2)9-10)11(15-12)13-5-4-6-18-3/h7,9H,4-6,8,12H2,1-3H3,(H,13,15). The number of hydrazine groups is 1. The SMILES string of the molecule is COCCCN=C(NN)N(C)Cc1cnn(C)c1. The van der Waals surface area contributed by atoms with Gasteiger partial charge in [0.1, 0.15) is 0 Å². The minimum absolute atomic E-state index is 0.662. The molecule has 18 heavy (non-hydrogen) atoms. The molecule has 1 aromatic rings. The molecule has 0 spiro atoms. The van der Waals surface area contributed by atoms with E-state index in [4.69, 9.17) is 10.6 Å². The first kappa shape index (κ1) is 14.5. The summed E-state index contributed by atoms with van der Waals surface area (Å²) in [5.74, 6) is 6.13. The van der Waals surface area contributed by atoms with Crippen LogP contribution in [0.3, 0.4) is 0 Å². The van der Waals surface area contributed by atoms with Crippen molar-refractivity contribution in [2.24, 2.45) is 17.9 Å². The third-order valence-corrected chi connectivity index (χ3v) is 2.44. The molecule has 0 fully saturated rings. The summed E-state index contributed by atoms with van der Waals surface area (Å²) in [7, 11) is 5.51. The summed E-state index contributed by atoms with van der Waals surface area (Å²) in [5, 5.41) is 4.12. The van der Waals surface area contributed by atoms with Gasteiger partial charge in [-0.1, -0.05) is 0 Å². The van der Waals surface area contributed by atoms with E-state index in [2.05, 4.69) is 15.5 Å². The number of hydrogen-bond acceptors (Lipinski definition) is 4. The molecule has 3 N–H and O–H groups in total. The molecule has 7 heteroatoms. The van der Waals surface area contributed by atoms with Crippen LogP contribution in [0, 0.1) is 0 Å². The third-order valence-electron chi connectivity index (χ3n) is 2.44. The van der Waals surface area contributed by atoms with E-state index in [9.17, 15) is 0 Å². The molecule has 0 aliphatic heterocycles. The fourth-order valence-corrected chi connectivity index (χ4v) is 1.57. The van der Waals surface area contributed by atoms with Crippen LogP contribution in [0.1, 0.15) is 12.0 Å². The van der Waals surface area contributed by atoms with Gasteiger partial charge in [0.25, 0.3) is 0 Å². The van der Waals surface area contributed by atoms with Crippen molar-refractivity contribution < 1.29 is 4.74 Å². The van der Waals surface area contributed by atoms with E-state index in [0.717, 1.165) is 12.0 Å². The van der Waals surface area contributed by atoms with Crippen molar-refractivity contribution in [3.8, 4) is 0 Å². The van der Waals surface area contributed by atoms with Crippen LogP contribution in [0.4, 0.5) is 0 Å². The smallest absolute Gasteiger partial charge is 0.208 e. The Morgan fingerprint density at radius 2 is 2.44 bits per heavy atom. The molecule has 0 radical (unpaired) electrons. The van der Waals surface area contributed by atoms with Gasteiger partial charge in [-0.25, -0.2) is 5.84 Å². The fourth-order valence-electron chi connectivity index (χ4n) is 1.57. The van der Waals surface area contributed by atoms with Crippen molar-refractivity contribution in [1.29, 1.82) is 0 Å². The van der Waals surface area contributed by atoms with Gasteiger partial charge in [0, 0.05) is 52.7 Å². The largest absolute Gasteiger partial charge is 0.385 e. The number of guanidine groups is 1. The van der Waals surface area contributed by atoms with Gasteiger partial charge in [0.05, 0.1) is 6.20 Å². The molecule has 0 aliphatic rings. The number of nitrogens with one attached hydrogen (secondary N) is 1. The normalized spacial score (nSPS) is 11.7. The van der Waals surface area contributed by atoms with Crippen LogP contribution in [0.25, 0.3) is 0 Å². The Morgan fingerprint density at radius 3 is 3.00 bits per heavy atom. The number of rotatable bonds is 6. The number of ether oxygens (including phenoxy) is 1. The van der Waals surface area contributed by atoms with Gasteiger partial charge >= 0.3 is 0 Å². The second kappa shape index (κ2) is 7.67. The number of aliphatic imine (C=N–C) groups is 1. The maximum absolute atomic E-state index is 5.47. The number of methoxy groups -OCH3 is 1. The van der Waals surface area contributed by atoms with Gasteiger partial charge in [0.2, 0.25) is 5.96 Å². The molecule has 0 atom stereocenters. The monoisotopic (exact) mass is 254 g/mol. The molecule has 0 saturated heterocycles. The summed E-state index contributed by atoms with van der Waals surface area (Å²) in [4.78, 5) is 6.33. The highest BCUT2D eigenvalue weighted by atomic mass is 16.5. The molecule has 1 heterocycles. The predicted octanol–water partition coefficient (Wildman–Crippen LogP) is -0.292. The van der Waals surface area contributed by atoms with Crippen LogP contribution >= 0.6 is 0 Å². The van der Waals surface area contributed by atoms with Crippen LogP contribution < -0.4 is 11.3 Å². The Labute approximate surface area is 108 Å². The Morgan fingerprint density at radius 1 is 1.67 bits per heavy atom. The lowest BCUT2D eigenvalue weighted by Crippen LogP contribution is -2.42. The quantitative estimate of drug-likeness (QED) is 0.240. The number of hydrogen-bond donors (Lipinski definition) is 2. The zero-order valence-electron chi connectivity index (χ0n) is 11.3. The molecule has 1 aromatic heterocycles. The summed E-state index contributed by atoms with van der Waals surface area (Å²) in [6, 6.07) is 0. The minimum Gasteiger partial charge on any atom is -0.385 e. The van der Waals surface area contributed by atoms with E-state index in [1.165, 1.54) is 0 Å². The van der Waals surface area contributed by atoms with Crippen LogP contribution in [0.15, 0.2) is 17.4 Å². The average molecular weight is 254 g/mol. The zero-order valence-corrected chi connectivity index (χ0v) is 11.3. The molecule has 7 nitrogen and oxygen atoms in total. The van der Waals surface area contributed by atoms with Crippen molar-refractivity contribution in [3.63, 3.8) is 0 Å². The molecular formula is C11H22N6O. The van der Waals surface area contributed by atoms with Crippen LogP contribution in [0.2, 0.25) is 0 Å². The summed E-state index contributed by atoms with van der Waals surface area (Å²) < 4.78 is 6.74. The number of nitrogens with zero attached hydrogens (tertiary/aromatic N) is 4. The number of aryl methyl sites for hydroxylation is 1. The summed E-state index contributed by atoms with van der Waals surface area (Å²) in [6.07, 6.45) is 4.67. The van der Waals surface area contributed by atoms with E-state index < -0.39 is 0 Å². The van der Waals surface area contributed by atoms with E-state index in [0.29, 0.717) is 25.7 Å². The fraction of sp³-hybridized carbons (Fsp3) is 0.636. The van der Waals surface area contributed by atoms with Gasteiger partial charge in [0.15, 0.2) is 0 Å². The molecular weight excluding hydrogens is 232 g/mol. The first-order valence-corrected chi connectivity index (χ1v) is 5.86. The maximum atomic E-state index is 5.47. The van der Waals surface area contributed by atoms with Gasteiger partial charge < -0.3 is 9.64 Å². The summed E-state index contributed by atoms with van der Waals surface area (Å²) in [5.41, 5.74) is 3.72. The lowest BCUT2D eigenvalue weighted by Gasteiger charge is -2.19. The van der Waals surface area contributed by atoms with Gasteiger partial charge in [-0.2, -0.15) is 5.10 Å². The highest BCUT2D eigenvalue weighted by Crippen LogP contribution is 2.01. The van der Waals surface area contributed by atoms with Gasteiger partial charge in [-0.05, 0) is 6.42 Å². The van der Waals surface area contributed by atoms with E-state index in [1.807, 2.05) is 31.4 Å². The zero-order chi connectivity index (χ0) is 13.4. The van der Waals surface area contributed by atoms with Gasteiger partial charge in [-0.15, -0.1) is 0 Å². The molecule has 0 saturated carbocycles. The Hall–Kier alpha value is -1.60. The first-order valence-electron chi connectivity index (χ1n) is 5.86. The lowest BCUT2D eigenvalue weighted by atomic mass is 10.3. The molecule has 0 unspecified atom stereocenters. The minimum atomic E-state index is 0.662. The van der Waals surface area contributed by atoms with E-state index >= 15 is 0 Å². The van der Waals surface area contributed by atoms with Crippen molar-refractivity contribution in [2.45, 2.75) is 13.0 Å². The second-order valence-electron chi connectivity index (χ2n) is 4.07. The number of nitrogens with two attached hydrogens (primary N) is 1. The molecule has 1 rings (SSSR count). The summed E-state index contributed by atoms with van der Waals surface area (Å²) in [6.45, 7) is 2.10. The van der Waals surface area contributed by atoms with Gasteiger partial charge in [-0.3, -0.25) is 15.1 Å². The molecule has 0 bridgehead atoms. The molecule has 0 amide bonds.